The zero-order chi connectivity index (χ0) is 18.8. The fraction of sp³-hybridized carbons (Fsp3) is 0.100. The molecule has 0 amide bonds. The van der Waals surface area contributed by atoms with Gasteiger partial charge in [0.05, 0.1) is 5.69 Å². The van der Waals surface area contributed by atoms with E-state index in [4.69, 9.17) is 0 Å². The number of aromatic hydroxyl groups is 1. The largest absolute Gasteiger partial charge is 0.503 e. The molecule has 136 valence electrons. The Morgan fingerprint density at radius 3 is 2.63 bits per heavy atom. The lowest BCUT2D eigenvalue weighted by Crippen LogP contribution is -2.06. The lowest BCUT2D eigenvalue weighted by atomic mass is 10.1. The van der Waals surface area contributed by atoms with Crippen LogP contribution in [-0.4, -0.2) is 26.6 Å². The molecule has 4 aromatic rings. The number of aromatic nitrogens is 3. The van der Waals surface area contributed by atoms with Gasteiger partial charge in [-0.3, -0.25) is 0 Å². The molecule has 0 saturated heterocycles. The third-order valence-corrected chi connectivity index (χ3v) is 4.32. The molecule has 2 aromatic heterocycles. The highest BCUT2D eigenvalue weighted by Gasteiger charge is 2.12. The first-order valence-electron chi connectivity index (χ1n) is 8.40. The first-order chi connectivity index (χ1) is 13.1. The minimum atomic E-state index is -1.03. The molecular weight excluding hydrogens is 350 g/mol. The van der Waals surface area contributed by atoms with Crippen molar-refractivity contribution in [3.8, 4) is 17.0 Å². The first kappa shape index (κ1) is 17.0. The summed E-state index contributed by atoms with van der Waals surface area (Å²) in [5.74, 6) is -2.50. The molecule has 0 aliphatic carbocycles. The molecule has 2 aromatic carbocycles. The van der Waals surface area contributed by atoms with Crippen LogP contribution >= 0.6 is 0 Å². The molecule has 0 atom stereocenters. The number of phenols is 1. The Morgan fingerprint density at radius 2 is 1.81 bits per heavy atom. The Hall–Kier alpha value is -3.48. The minimum absolute atomic E-state index is 0.227. The number of rotatable bonds is 5. The van der Waals surface area contributed by atoms with Crippen LogP contribution in [0.15, 0.2) is 55.0 Å². The Morgan fingerprint density at radius 1 is 1.00 bits per heavy atom. The topological polar surface area (TPSA) is 73.8 Å². The van der Waals surface area contributed by atoms with Crippen LogP contribution in [0.2, 0.25) is 0 Å². The van der Waals surface area contributed by atoms with Gasteiger partial charge in [-0.15, -0.1) is 0 Å². The van der Waals surface area contributed by atoms with Gasteiger partial charge in [0, 0.05) is 29.9 Å². The number of hydrogen-bond acceptors (Lipinski definition) is 4. The number of benzene rings is 2. The average molecular weight is 366 g/mol. The number of fused-ring (bicyclic) bond motifs is 1. The Bertz CT molecular complexity index is 1090. The smallest absolute Gasteiger partial charge is 0.187 e. The number of phenolic OH excluding ortho intramolecular Hbond substituents is 1. The summed E-state index contributed by atoms with van der Waals surface area (Å²) < 4.78 is 27.1. The van der Waals surface area contributed by atoms with E-state index in [1.54, 1.807) is 6.07 Å². The molecule has 0 aliphatic rings. The van der Waals surface area contributed by atoms with E-state index in [0.29, 0.717) is 18.1 Å². The normalized spacial score (nSPS) is 11.0. The molecule has 0 fully saturated rings. The molecule has 0 aliphatic heterocycles. The summed E-state index contributed by atoms with van der Waals surface area (Å²) in [7, 11) is 0. The predicted molar refractivity (Wildman–Crippen MR) is 99.5 cm³/mol. The zero-order valence-corrected chi connectivity index (χ0v) is 14.2. The number of nitrogens with one attached hydrogen (secondary N) is 2. The van der Waals surface area contributed by atoms with Crippen molar-refractivity contribution in [2.24, 2.45) is 0 Å². The molecule has 0 saturated carbocycles. The average Bonchev–Trinajstić information content (AvgIpc) is 3.14. The van der Waals surface area contributed by atoms with Gasteiger partial charge in [-0.05, 0) is 41.6 Å². The van der Waals surface area contributed by atoms with Crippen LogP contribution in [0, 0.1) is 11.6 Å². The van der Waals surface area contributed by atoms with Crippen LogP contribution in [0.25, 0.3) is 22.2 Å². The van der Waals surface area contributed by atoms with Gasteiger partial charge in [0.2, 0.25) is 0 Å². The number of aromatic amines is 1. The highest BCUT2D eigenvalue weighted by atomic mass is 19.1. The molecule has 2 heterocycles. The molecule has 0 spiro atoms. The maximum Gasteiger partial charge on any atom is 0.187 e. The number of H-pyrrole nitrogens is 1. The van der Waals surface area contributed by atoms with Crippen molar-refractivity contribution in [2.75, 3.05) is 11.9 Å². The predicted octanol–water partition coefficient (Wildman–Crippen LogP) is 4.26. The van der Waals surface area contributed by atoms with Gasteiger partial charge in [-0.25, -0.2) is 18.7 Å². The van der Waals surface area contributed by atoms with Crippen molar-refractivity contribution in [1.82, 2.24) is 15.0 Å². The second kappa shape index (κ2) is 7.03. The van der Waals surface area contributed by atoms with E-state index in [0.717, 1.165) is 24.1 Å². The maximum absolute atomic E-state index is 13.6. The van der Waals surface area contributed by atoms with Crippen molar-refractivity contribution in [2.45, 2.75) is 6.42 Å². The van der Waals surface area contributed by atoms with Gasteiger partial charge in [-0.2, -0.15) is 0 Å². The van der Waals surface area contributed by atoms with E-state index in [-0.39, 0.29) is 5.56 Å². The van der Waals surface area contributed by atoms with Crippen LogP contribution in [0.4, 0.5) is 14.6 Å². The maximum atomic E-state index is 13.6. The number of halogens is 2. The summed E-state index contributed by atoms with van der Waals surface area (Å²) in [6.45, 7) is 0.640. The fourth-order valence-electron chi connectivity index (χ4n) is 2.91. The SMILES string of the molecule is Oc1c(F)cc(-c2cc(NCCc3ccc4cc[nH]c4c3)ncn2)cc1F. The summed E-state index contributed by atoms with van der Waals surface area (Å²) in [5, 5.41) is 13.6. The van der Waals surface area contributed by atoms with Crippen molar-refractivity contribution in [3.63, 3.8) is 0 Å². The van der Waals surface area contributed by atoms with Crippen LogP contribution in [0.3, 0.4) is 0 Å². The minimum Gasteiger partial charge on any atom is -0.503 e. The molecule has 0 unspecified atom stereocenters. The van der Waals surface area contributed by atoms with Crippen molar-refractivity contribution in [3.05, 3.63) is 72.2 Å². The van der Waals surface area contributed by atoms with E-state index < -0.39 is 17.4 Å². The van der Waals surface area contributed by atoms with Crippen LogP contribution in [0.1, 0.15) is 5.56 Å². The summed E-state index contributed by atoms with van der Waals surface area (Å²) in [5.41, 5.74) is 2.85. The monoisotopic (exact) mass is 366 g/mol. The van der Waals surface area contributed by atoms with E-state index in [1.165, 1.54) is 17.3 Å². The molecule has 4 rings (SSSR count). The molecule has 5 nitrogen and oxygen atoms in total. The van der Waals surface area contributed by atoms with Gasteiger partial charge in [0.15, 0.2) is 17.4 Å². The van der Waals surface area contributed by atoms with Gasteiger partial charge in [0.25, 0.3) is 0 Å². The second-order valence-electron chi connectivity index (χ2n) is 6.15. The van der Waals surface area contributed by atoms with Crippen molar-refractivity contribution >= 4 is 16.7 Å². The van der Waals surface area contributed by atoms with Gasteiger partial charge in [-0.1, -0.05) is 12.1 Å². The van der Waals surface area contributed by atoms with E-state index in [2.05, 4.69) is 38.5 Å². The molecule has 7 heteroatoms. The highest BCUT2D eigenvalue weighted by molar-refractivity contribution is 5.79. The van der Waals surface area contributed by atoms with E-state index in [9.17, 15) is 13.9 Å². The lowest BCUT2D eigenvalue weighted by Gasteiger charge is -2.08. The third kappa shape index (κ3) is 3.57. The number of hydrogen-bond donors (Lipinski definition) is 3. The Balaban J connectivity index is 1.46. The molecule has 0 radical (unpaired) electrons. The molecule has 3 N–H and O–H groups in total. The van der Waals surface area contributed by atoms with Crippen molar-refractivity contribution < 1.29 is 13.9 Å². The quantitative estimate of drug-likeness (QED) is 0.493. The zero-order valence-electron chi connectivity index (χ0n) is 14.2. The van der Waals surface area contributed by atoms with Gasteiger partial charge < -0.3 is 15.4 Å². The summed E-state index contributed by atoms with van der Waals surface area (Å²) in [4.78, 5) is 11.4. The highest BCUT2D eigenvalue weighted by Crippen LogP contribution is 2.27. The lowest BCUT2D eigenvalue weighted by molar-refractivity contribution is 0.396. The Kier molecular flexibility index (Phi) is 4.42. The van der Waals surface area contributed by atoms with E-state index in [1.807, 2.05) is 12.3 Å². The standard InChI is InChI=1S/C20H16F2N4O/c21-15-8-14(9-16(22)20(15)27)18-10-19(26-11-25-18)24-5-3-12-1-2-13-4-6-23-17(13)7-12/h1-2,4,6-11,23,27H,3,5H2,(H,24,25,26). The molecule has 0 bridgehead atoms. The summed E-state index contributed by atoms with van der Waals surface area (Å²) in [6.07, 6.45) is 4.02. The number of nitrogens with zero attached hydrogens (tertiary/aromatic N) is 2. The fourth-order valence-corrected chi connectivity index (χ4v) is 2.91. The van der Waals surface area contributed by atoms with E-state index >= 15 is 0 Å². The Labute approximate surface area is 153 Å². The second-order valence-corrected chi connectivity index (χ2v) is 6.15. The summed E-state index contributed by atoms with van der Waals surface area (Å²) in [6, 6.07) is 12.0. The van der Waals surface area contributed by atoms with Crippen LogP contribution in [0.5, 0.6) is 5.75 Å². The van der Waals surface area contributed by atoms with Crippen LogP contribution < -0.4 is 5.32 Å². The van der Waals surface area contributed by atoms with Crippen LogP contribution in [-0.2, 0) is 6.42 Å². The first-order valence-corrected chi connectivity index (χ1v) is 8.40. The summed E-state index contributed by atoms with van der Waals surface area (Å²) >= 11 is 0. The van der Waals surface area contributed by atoms with Gasteiger partial charge in [0.1, 0.15) is 12.1 Å². The molecular formula is C20H16F2N4O. The molecule has 27 heavy (non-hydrogen) atoms. The van der Waals surface area contributed by atoms with Crippen molar-refractivity contribution in [1.29, 1.82) is 0 Å². The third-order valence-electron chi connectivity index (χ3n) is 4.32. The number of anilines is 1. The van der Waals surface area contributed by atoms with Gasteiger partial charge >= 0.3 is 0 Å².